The molecule has 0 amide bonds. The standard InChI is InChI=1S/C21H24BrNO5/c1-4-15-7-10-19(23-12-15)20(28-14(2)24)13-27-17-8-5-16(6-9-17)11-18(22)21(25)26-3/h5-10,12,18,20H,4,11,13H2,1-3H3. The van der Waals surface area contributed by atoms with Crippen molar-refractivity contribution in [2.45, 2.75) is 37.6 Å². The van der Waals surface area contributed by atoms with Gasteiger partial charge in [-0.2, -0.15) is 0 Å². The molecule has 2 rings (SSSR count). The van der Waals surface area contributed by atoms with Gasteiger partial charge in [0.1, 0.15) is 17.2 Å². The van der Waals surface area contributed by atoms with E-state index in [1.807, 2.05) is 36.4 Å². The third-order valence-corrected chi connectivity index (χ3v) is 4.79. The Bertz CT molecular complexity index is 776. The van der Waals surface area contributed by atoms with Crippen molar-refractivity contribution >= 4 is 27.9 Å². The van der Waals surface area contributed by atoms with Gasteiger partial charge in [0.05, 0.1) is 12.8 Å². The van der Waals surface area contributed by atoms with Crippen LogP contribution in [-0.2, 0) is 31.9 Å². The van der Waals surface area contributed by atoms with E-state index in [0.29, 0.717) is 17.9 Å². The van der Waals surface area contributed by atoms with Gasteiger partial charge in [0.15, 0.2) is 6.10 Å². The monoisotopic (exact) mass is 449 g/mol. The van der Waals surface area contributed by atoms with Crippen LogP contribution >= 0.6 is 15.9 Å². The zero-order valence-corrected chi connectivity index (χ0v) is 17.8. The number of rotatable bonds is 9. The van der Waals surface area contributed by atoms with Gasteiger partial charge in [-0.15, -0.1) is 0 Å². The van der Waals surface area contributed by atoms with E-state index in [1.54, 1.807) is 6.20 Å². The van der Waals surface area contributed by atoms with Crippen molar-refractivity contribution in [1.29, 1.82) is 0 Å². The summed E-state index contributed by atoms with van der Waals surface area (Å²) in [5.41, 5.74) is 2.72. The Morgan fingerprint density at radius 1 is 1.11 bits per heavy atom. The number of hydrogen-bond acceptors (Lipinski definition) is 6. The maximum atomic E-state index is 11.5. The zero-order chi connectivity index (χ0) is 20.5. The van der Waals surface area contributed by atoms with E-state index in [-0.39, 0.29) is 12.6 Å². The highest BCUT2D eigenvalue weighted by molar-refractivity contribution is 9.10. The van der Waals surface area contributed by atoms with Crippen molar-refractivity contribution in [3.63, 3.8) is 0 Å². The number of aromatic nitrogens is 1. The molecule has 0 N–H and O–H groups in total. The van der Waals surface area contributed by atoms with Gasteiger partial charge in [0.2, 0.25) is 0 Å². The van der Waals surface area contributed by atoms with E-state index in [1.165, 1.54) is 14.0 Å². The van der Waals surface area contributed by atoms with Gasteiger partial charge in [-0.3, -0.25) is 14.6 Å². The SMILES string of the molecule is CCc1ccc(C(COc2ccc(CC(Br)C(=O)OC)cc2)OC(C)=O)nc1. The summed E-state index contributed by atoms with van der Waals surface area (Å²) in [4.78, 5) is 26.9. The van der Waals surface area contributed by atoms with Crippen LogP contribution in [0.2, 0.25) is 0 Å². The van der Waals surface area contributed by atoms with Crippen molar-refractivity contribution in [3.05, 3.63) is 59.4 Å². The lowest BCUT2D eigenvalue weighted by molar-refractivity contribution is -0.148. The molecule has 0 saturated carbocycles. The second-order valence-corrected chi connectivity index (χ2v) is 7.30. The summed E-state index contributed by atoms with van der Waals surface area (Å²) >= 11 is 3.31. The predicted molar refractivity (Wildman–Crippen MR) is 108 cm³/mol. The lowest BCUT2D eigenvalue weighted by atomic mass is 10.1. The Hall–Kier alpha value is -2.41. The Balaban J connectivity index is 1.99. The van der Waals surface area contributed by atoms with Crippen LogP contribution in [0.15, 0.2) is 42.6 Å². The highest BCUT2D eigenvalue weighted by Crippen LogP contribution is 2.21. The fraction of sp³-hybridized carbons (Fsp3) is 0.381. The maximum Gasteiger partial charge on any atom is 0.319 e. The first-order valence-corrected chi connectivity index (χ1v) is 9.90. The predicted octanol–water partition coefficient (Wildman–Crippen LogP) is 3.81. The number of esters is 2. The molecule has 7 heteroatoms. The molecule has 1 aromatic carbocycles. The largest absolute Gasteiger partial charge is 0.489 e. The van der Waals surface area contributed by atoms with Crippen molar-refractivity contribution in [3.8, 4) is 5.75 Å². The molecule has 1 heterocycles. The number of halogens is 1. The molecule has 6 nitrogen and oxygen atoms in total. The first-order valence-electron chi connectivity index (χ1n) is 8.98. The van der Waals surface area contributed by atoms with Gasteiger partial charge in [0.25, 0.3) is 0 Å². The van der Waals surface area contributed by atoms with Gasteiger partial charge in [0, 0.05) is 13.1 Å². The van der Waals surface area contributed by atoms with Crippen molar-refractivity contribution in [2.75, 3.05) is 13.7 Å². The number of carbonyl (C=O) groups excluding carboxylic acids is 2. The number of aryl methyl sites for hydroxylation is 1. The number of benzene rings is 1. The smallest absolute Gasteiger partial charge is 0.319 e. The van der Waals surface area contributed by atoms with E-state index in [2.05, 4.69) is 27.8 Å². The minimum absolute atomic E-state index is 0.153. The Labute approximate surface area is 173 Å². The van der Waals surface area contributed by atoms with Crippen LogP contribution in [0.4, 0.5) is 0 Å². The van der Waals surface area contributed by atoms with Crippen LogP contribution in [0.5, 0.6) is 5.75 Å². The Morgan fingerprint density at radius 3 is 2.32 bits per heavy atom. The van der Waals surface area contributed by atoms with Crippen molar-refractivity contribution in [2.24, 2.45) is 0 Å². The molecule has 2 unspecified atom stereocenters. The third-order valence-electron chi connectivity index (χ3n) is 4.09. The molecule has 2 aromatic rings. The van der Waals surface area contributed by atoms with Gasteiger partial charge in [-0.1, -0.05) is 41.1 Å². The zero-order valence-electron chi connectivity index (χ0n) is 16.2. The van der Waals surface area contributed by atoms with E-state index < -0.39 is 16.9 Å². The Kier molecular flexibility index (Phi) is 8.44. The van der Waals surface area contributed by atoms with Gasteiger partial charge < -0.3 is 14.2 Å². The number of nitrogens with zero attached hydrogens (tertiary/aromatic N) is 1. The molecule has 0 aliphatic heterocycles. The second kappa shape index (κ2) is 10.8. The number of pyridine rings is 1. The van der Waals surface area contributed by atoms with E-state index >= 15 is 0 Å². The first kappa shape index (κ1) is 21.9. The van der Waals surface area contributed by atoms with E-state index in [9.17, 15) is 9.59 Å². The lowest BCUT2D eigenvalue weighted by Crippen LogP contribution is -2.18. The van der Waals surface area contributed by atoms with Gasteiger partial charge >= 0.3 is 11.9 Å². The quantitative estimate of drug-likeness (QED) is 0.427. The van der Waals surface area contributed by atoms with E-state index in [4.69, 9.17) is 14.2 Å². The minimum atomic E-state index is -0.589. The fourth-order valence-electron chi connectivity index (χ4n) is 2.53. The average molecular weight is 450 g/mol. The summed E-state index contributed by atoms with van der Waals surface area (Å²) in [7, 11) is 1.36. The number of carbonyl (C=O) groups is 2. The summed E-state index contributed by atoms with van der Waals surface area (Å²) in [6, 6.07) is 11.2. The number of methoxy groups -OCH3 is 1. The summed E-state index contributed by atoms with van der Waals surface area (Å²) in [6.07, 6.45) is 2.59. The van der Waals surface area contributed by atoms with Gasteiger partial charge in [-0.25, -0.2) is 0 Å². The van der Waals surface area contributed by atoms with Crippen molar-refractivity contribution < 1.29 is 23.8 Å². The molecule has 0 aliphatic carbocycles. The van der Waals surface area contributed by atoms with Crippen LogP contribution < -0.4 is 4.74 Å². The maximum absolute atomic E-state index is 11.5. The number of alkyl halides is 1. The van der Waals surface area contributed by atoms with Crippen LogP contribution in [0.25, 0.3) is 0 Å². The topological polar surface area (TPSA) is 74.7 Å². The Morgan fingerprint density at radius 2 is 1.79 bits per heavy atom. The third kappa shape index (κ3) is 6.64. The van der Waals surface area contributed by atoms with Crippen molar-refractivity contribution in [1.82, 2.24) is 4.98 Å². The van der Waals surface area contributed by atoms with E-state index in [0.717, 1.165) is 17.5 Å². The molecule has 0 radical (unpaired) electrons. The minimum Gasteiger partial charge on any atom is -0.489 e. The van der Waals surface area contributed by atoms with Gasteiger partial charge in [-0.05, 0) is 42.2 Å². The first-order chi connectivity index (χ1) is 13.4. The van der Waals surface area contributed by atoms with Crippen LogP contribution in [0, 0.1) is 0 Å². The second-order valence-electron chi connectivity index (χ2n) is 6.19. The fourth-order valence-corrected chi connectivity index (χ4v) is 3.09. The van der Waals surface area contributed by atoms with Crippen LogP contribution in [0.1, 0.15) is 36.8 Å². The normalized spacial score (nSPS) is 12.7. The summed E-state index contributed by atoms with van der Waals surface area (Å²) in [5, 5.41) is 0. The molecule has 0 aliphatic rings. The highest BCUT2D eigenvalue weighted by Gasteiger charge is 2.18. The molecule has 0 fully saturated rings. The molecule has 0 bridgehead atoms. The summed E-state index contributed by atoms with van der Waals surface area (Å²) in [5.74, 6) is -0.0714. The molecule has 2 atom stereocenters. The molecule has 1 aromatic heterocycles. The molecule has 0 saturated heterocycles. The highest BCUT2D eigenvalue weighted by atomic mass is 79.9. The number of hydrogen-bond donors (Lipinski definition) is 0. The molecule has 28 heavy (non-hydrogen) atoms. The molecule has 150 valence electrons. The average Bonchev–Trinajstić information content (AvgIpc) is 2.71. The summed E-state index contributed by atoms with van der Waals surface area (Å²) < 4.78 is 15.9. The lowest BCUT2D eigenvalue weighted by Gasteiger charge is -2.18. The molecule has 0 spiro atoms. The number of ether oxygens (including phenoxy) is 3. The molecular formula is C21H24BrNO5. The summed E-state index contributed by atoms with van der Waals surface area (Å²) in [6.45, 7) is 3.57. The van der Waals surface area contributed by atoms with Crippen LogP contribution in [-0.4, -0.2) is 35.5 Å². The van der Waals surface area contributed by atoms with Crippen LogP contribution in [0.3, 0.4) is 0 Å². The molecular weight excluding hydrogens is 426 g/mol.